The Morgan fingerprint density at radius 1 is 1.16 bits per heavy atom. The number of nitrogens with one attached hydrogen (secondary N) is 2. The van der Waals surface area contributed by atoms with Crippen LogP contribution in [0.4, 0.5) is 6.01 Å². The van der Waals surface area contributed by atoms with E-state index in [9.17, 15) is 9.59 Å². The van der Waals surface area contributed by atoms with Crippen molar-refractivity contribution < 1.29 is 23.8 Å². The van der Waals surface area contributed by atoms with Crippen molar-refractivity contribution >= 4 is 29.0 Å². The maximum atomic E-state index is 12.5. The van der Waals surface area contributed by atoms with E-state index in [4.69, 9.17) is 14.3 Å². The molecule has 2 aromatic heterocycles. The molecule has 4 rings (SSSR count). The summed E-state index contributed by atoms with van der Waals surface area (Å²) in [7, 11) is 1.67. The fourth-order valence-corrected chi connectivity index (χ4v) is 3.99. The summed E-state index contributed by atoms with van der Waals surface area (Å²) in [5, 5.41) is 15.0. The number of anilines is 1. The van der Waals surface area contributed by atoms with Crippen LogP contribution in [0.2, 0.25) is 0 Å². The van der Waals surface area contributed by atoms with Crippen molar-refractivity contribution in [2.45, 2.75) is 32.1 Å². The lowest BCUT2D eigenvalue weighted by molar-refractivity contribution is -0.131. The van der Waals surface area contributed by atoms with Crippen LogP contribution in [-0.2, 0) is 4.79 Å². The molecule has 3 aromatic rings. The Kier molecular flexibility index (Phi) is 5.75. The number of carboxylic acid groups (broad SMARTS) is 1. The molecule has 0 aliphatic heterocycles. The number of aromatic carboxylic acids is 1. The van der Waals surface area contributed by atoms with E-state index >= 15 is 0 Å². The van der Waals surface area contributed by atoms with Crippen LogP contribution < -0.4 is 15.4 Å². The molecule has 0 unspecified atom stereocenters. The lowest BCUT2D eigenvalue weighted by Gasteiger charge is -2.35. The largest absolute Gasteiger partial charge is 0.477 e. The monoisotopic (exact) mass is 424 g/mol. The predicted molar refractivity (Wildman–Crippen MR) is 113 cm³/mol. The van der Waals surface area contributed by atoms with Gasteiger partial charge in [0.25, 0.3) is 6.01 Å². The number of amides is 1. The average molecular weight is 424 g/mol. The van der Waals surface area contributed by atoms with Crippen molar-refractivity contribution in [1.82, 2.24) is 15.3 Å². The third-order valence-electron chi connectivity index (χ3n) is 5.64. The Hall–Kier alpha value is -3.62. The van der Waals surface area contributed by atoms with Gasteiger partial charge in [0.1, 0.15) is 17.0 Å². The molecule has 0 radical (unpaired) electrons. The molecule has 0 atom stereocenters. The van der Waals surface area contributed by atoms with Crippen molar-refractivity contribution in [2.75, 3.05) is 18.9 Å². The van der Waals surface area contributed by atoms with Crippen LogP contribution in [0.3, 0.4) is 0 Å². The SMILES string of the molecule is CNC(=O)C1(CNc2nc3ccc(Oc4ccnc(C(=O)O)c4)cc3o2)CCCCC1. The molecule has 0 spiro atoms. The molecule has 2 heterocycles. The maximum Gasteiger partial charge on any atom is 0.354 e. The highest BCUT2D eigenvalue weighted by Gasteiger charge is 2.39. The molecule has 0 bridgehead atoms. The average Bonchev–Trinajstić information content (AvgIpc) is 3.20. The van der Waals surface area contributed by atoms with Gasteiger partial charge in [-0.25, -0.2) is 9.78 Å². The van der Waals surface area contributed by atoms with Gasteiger partial charge in [0.15, 0.2) is 11.3 Å². The van der Waals surface area contributed by atoms with Crippen molar-refractivity contribution in [3.8, 4) is 11.5 Å². The number of carboxylic acids is 1. The second kappa shape index (κ2) is 8.63. The third kappa shape index (κ3) is 4.45. The highest BCUT2D eigenvalue weighted by molar-refractivity contribution is 5.85. The van der Waals surface area contributed by atoms with Gasteiger partial charge in [0.05, 0.1) is 5.41 Å². The van der Waals surface area contributed by atoms with Crippen LogP contribution >= 0.6 is 0 Å². The molecule has 9 nitrogen and oxygen atoms in total. The number of oxazole rings is 1. The number of rotatable bonds is 7. The number of ether oxygens (including phenoxy) is 1. The first-order valence-electron chi connectivity index (χ1n) is 10.2. The summed E-state index contributed by atoms with van der Waals surface area (Å²) in [4.78, 5) is 31.8. The summed E-state index contributed by atoms with van der Waals surface area (Å²) < 4.78 is 11.6. The molecule has 1 amide bonds. The Balaban J connectivity index is 1.49. The summed E-state index contributed by atoms with van der Waals surface area (Å²) in [5.41, 5.74) is 0.613. The quantitative estimate of drug-likeness (QED) is 0.522. The molecule has 1 fully saturated rings. The highest BCUT2D eigenvalue weighted by atomic mass is 16.5. The third-order valence-corrected chi connectivity index (χ3v) is 5.64. The normalized spacial score (nSPS) is 15.4. The lowest BCUT2D eigenvalue weighted by atomic mass is 9.73. The summed E-state index contributed by atoms with van der Waals surface area (Å²) >= 11 is 0. The molecule has 1 aromatic carbocycles. The Morgan fingerprint density at radius 2 is 1.94 bits per heavy atom. The minimum atomic E-state index is -1.13. The topological polar surface area (TPSA) is 127 Å². The van der Waals surface area contributed by atoms with E-state index in [1.54, 1.807) is 31.3 Å². The molecule has 0 saturated heterocycles. The molecule has 3 N–H and O–H groups in total. The van der Waals surface area contributed by atoms with Gasteiger partial charge >= 0.3 is 5.97 Å². The van der Waals surface area contributed by atoms with Crippen LogP contribution in [0.15, 0.2) is 40.9 Å². The summed E-state index contributed by atoms with van der Waals surface area (Å²) in [6, 6.07) is 8.44. The van der Waals surface area contributed by atoms with E-state index in [2.05, 4.69) is 20.6 Å². The second-order valence-corrected chi connectivity index (χ2v) is 7.71. The molecule has 1 aliphatic rings. The van der Waals surface area contributed by atoms with Crippen molar-refractivity contribution in [3.63, 3.8) is 0 Å². The molecule has 31 heavy (non-hydrogen) atoms. The van der Waals surface area contributed by atoms with Crippen LogP contribution in [0.5, 0.6) is 11.5 Å². The fraction of sp³-hybridized carbons (Fsp3) is 0.364. The molecule has 1 saturated carbocycles. The van der Waals surface area contributed by atoms with E-state index in [0.29, 0.717) is 35.2 Å². The first-order chi connectivity index (χ1) is 15.0. The molecular formula is C22H24N4O5. The molecule has 1 aliphatic carbocycles. The standard InChI is InChI=1S/C22H24N4O5/c1-23-20(29)22(8-3-2-4-9-22)13-25-21-26-16-6-5-14(12-18(16)31-21)30-15-7-10-24-17(11-15)19(27)28/h5-7,10-12H,2-4,8-9,13H2,1H3,(H,23,29)(H,25,26)(H,27,28). The zero-order chi connectivity index (χ0) is 21.8. The van der Waals surface area contributed by atoms with Crippen molar-refractivity contribution in [2.24, 2.45) is 5.41 Å². The highest BCUT2D eigenvalue weighted by Crippen LogP contribution is 2.37. The summed E-state index contributed by atoms with van der Waals surface area (Å²) in [6.45, 7) is 0.456. The number of hydrogen-bond donors (Lipinski definition) is 3. The lowest BCUT2D eigenvalue weighted by Crippen LogP contribution is -2.45. The number of fused-ring (bicyclic) bond motifs is 1. The van der Waals surface area contributed by atoms with Gasteiger partial charge < -0.3 is 24.9 Å². The van der Waals surface area contributed by atoms with Gasteiger partial charge in [-0.1, -0.05) is 19.3 Å². The van der Waals surface area contributed by atoms with Gasteiger partial charge in [0, 0.05) is 31.9 Å². The van der Waals surface area contributed by atoms with Gasteiger partial charge in [-0.15, -0.1) is 0 Å². The molecule has 9 heteroatoms. The van der Waals surface area contributed by atoms with E-state index in [1.165, 1.54) is 12.3 Å². The van der Waals surface area contributed by atoms with E-state index in [0.717, 1.165) is 32.1 Å². The number of nitrogens with zero attached hydrogens (tertiary/aromatic N) is 2. The Morgan fingerprint density at radius 3 is 2.68 bits per heavy atom. The van der Waals surface area contributed by atoms with Crippen molar-refractivity contribution in [1.29, 1.82) is 0 Å². The zero-order valence-electron chi connectivity index (χ0n) is 17.2. The van der Waals surface area contributed by atoms with Crippen LogP contribution in [0.1, 0.15) is 42.6 Å². The fourth-order valence-electron chi connectivity index (χ4n) is 3.99. The van der Waals surface area contributed by atoms with Gasteiger partial charge in [-0.2, -0.15) is 4.98 Å². The second-order valence-electron chi connectivity index (χ2n) is 7.71. The Labute approximate surface area is 178 Å². The van der Waals surface area contributed by atoms with Gasteiger partial charge in [-0.05, 0) is 31.0 Å². The van der Waals surface area contributed by atoms with Gasteiger partial charge in [0.2, 0.25) is 5.91 Å². The number of carbonyl (C=O) groups excluding carboxylic acids is 1. The summed E-state index contributed by atoms with van der Waals surface area (Å²) in [6.07, 6.45) is 6.26. The minimum Gasteiger partial charge on any atom is -0.477 e. The maximum absolute atomic E-state index is 12.5. The van der Waals surface area contributed by atoms with Crippen LogP contribution in [0, 0.1) is 5.41 Å². The zero-order valence-corrected chi connectivity index (χ0v) is 17.2. The minimum absolute atomic E-state index is 0.0459. The smallest absolute Gasteiger partial charge is 0.354 e. The summed E-state index contributed by atoms with van der Waals surface area (Å²) in [5.74, 6) is -0.245. The predicted octanol–water partition coefficient (Wildman–Crippen LogP) is 3.82. The Bertz CT molecular complexity index is 1100. The molecular weight excluding hydrogens is 400 g/mol. The number of pyridine rings is 1. The number of benzene rings is 1. The number of carbonyl (C=O) groups is 2. The van der Waals surface area contributed by atoms with E-state index in [1.807, 2.05) is 0 Å². The van der Waals surface area contributed by atoms with E-state index < -0.39 is 11.4 Å². The van der Waals surface area contributed by atoms with Crippen molar-refractivity contribution in [3.05, 3.63) is 42.2 Å². The van der Waals surface area contributed by atoms with Crippen LogP contribution in [0.25, 0.3) is 11.1 Å². The number of hydrogen-bond acceptors (Lipinski definition) is 7. The van der Waals surface area contributed by atoms with Gasteiger partial charge in [-0.3, -0.25) is 4.79 Å². The first kappa shape index (κ1) is 20.6. The van der Waals surface area contributed by atoms with E-state index in [-0.39, 0.29) is 11.6 Å². The first-order valence-corrected chi connectivity index (χ1v) is 10.2. The molecule has 162 valence electrons. The number of aromatic nitrogens is 2. The van der Waals surface area contributed by atoms with Crippen LogP contribution in [-0.4, -0.2) is 40.5 Å².